The molecule has 1 saturated heterocycles. The lowest BCUT2D eigenvalue weighted by molar-refractivity contribution is 0.112. The molecule has 1 aliphatic rings. The van der Waals surface area contributed by atoms with Gasteiger partial charge in [0.15, 0.2) is 6.29 Å². The average molecular weight is 188 g/mol. The lowest BCUT2D eigenvalue weighted by Gasteiger charge is -2.15. The van der Waals surface area contributed by atoms with Crippen LogP contribution in [0.4, 0.5) is 5.82 Å². The fourth-order valence-corrected chi connectivity index (χ4v) is 1.57. The summed E-state index contributed by atoms with van der Waals surface area (Å²) in [4.78, 5) is 16.8. The van der Waals surface area contributed by atoms with E-state index in [1.165, 1.54) is 5.57 Å². The van der Waals surface area contributed by atoms with Crippen molar-refractivity contribution < 1.29 is 4.79 Å². The molecule has 0 aliphatic carbocycles. The molecule has 1 aliphatic heterocycles. The van der Waals surface area contributed by atoms with Crippen molar-refractivity contribution in [3.63, 3.8) is 0 Å². The first-order valence-corrected chi connectivity index (χ1v) is 4.62. The van der Waals surface area contributed by atoms with Crippen LogP contribution < -0.4 is 4.90 Å². The van der Waals surface area contributed by atoms with Crippen LogP contribution in [0.2, 0.25) is 0 Å². The van der Waals surface area contributed by atoms with Crippen LogP contribution >= 0.6 is 0 Å². The van der Waals surface area contributed by atoms with Crippen molar-refractivity contribution in [1.82, 2.24) is 4.98 Å². The van der Waals surface area contributed by atoms with Crippen molar-refractivity contribution in [2.45, 2.75) is 6.42 Å². The third-order valence-corrected chi connectivity index (χ3v) is 2.38. The first-order valence-electron chi connectivity index (χ1n) is 4.62. The van der Waals surface area contributed by atoms with Gasteiger partial charge < -0.3 is 4.90 Å². The Morgan fingerprint density at radius 1 is 1.50 bits per heavy atom. The summed E-state index contributed by atoms with van der Waals surface area (Å²) in [6.07, 6.45) is 3.44. The summed E-state index contributed by atoms with van der Waals surface area (Å²) >= 11 is 0. The molecule has 2 heterocycles. The highest BCUT2D eigenvalue weighted by molar-refractivity contribution is 5.74. The van der Waals surface area contributed by atoms with Crippen molar-refractivity contribution in [1.29, 1.82) is 0 Å². The minimum atomic E-state index is 0.617. The standard InChI is InChI=1S/C11H12N2O/c1-9-4-5-13(7-9)11-3-2-10(8-14)6-12-11/h2-3,6,8H,1,4-5,7H2. The number of hydrogen-bond acceptors (Lipinski definition) is 3. The number of hydrogen-bond donors (Lipinski definition) is 0. The fraction of sp³-hybridized carbons (Fsp3) is 0.273. The molecule has 3 nitrogen and oxygen atoms in total. The van der Waals surface area contributed by atoms with E-state index in [-0.39, 0.29) is 0 Å². The first kappa shape index (κ1) is 8.94. The highest BCUT2D eigenvalue weighted by atomic mass is 16.1. The van der Waals surface area contributed by atoms with E-state index in [9.17, 15) is 4.79 Å². The van der Waals surface area contributed by atoms with Gasteiger partial charge >= 0.3 is 0 Å². The zero-order valence-electron chi connectivity index (χ0n) is 7.94. The van der Waals surface area contributed by atoms with E-state index in [2.05, 4.69) is 16.5 Å². The van der Waals surface area contributed by atoms with Crippen molar-refractivity contribution in [2.24, 2.45) is 0 Å². The summed E-state index contributed by atoms with van der Waals surface area (Å²) in [5, 5.41) is 0. The molecule has 2 rings (SSSR count). The predicted molar refractivity (Wildman–Crippen MR) is 55.6 cm³/mol. The van der Waals surface area contributed by atoms with Gasteiger partial charge in [-0.3, -0.25) is 4.79 Å². The van der Waals surface area contributed by atoms with E-state index in [1.807, 2.05) is 6.07 Å². The van der Waals surface area contributed by atoms with E-state index in [0.29, 0.717) is 5.56 Å². The molecule has 0 N–H and O–H groups in total. The lowest BCUT2D eigenvalue weighted by Crippen LogP contribution is -2.19. The van der Waals surface area contributed by atoms with Crippen LogP contribution in [-0.4, -0.2) is 24.4 Å². The van der Waals surface area contributed by atoms with Gasteiger partial charge in [-0.1, -0.05) is 12.2 Å². The first-order chi connectivity index (χ1) is 6.79. The highest BCUT2D eigenvalue weighted by Crippen LogP contribution is 2.19. The van der Waals surface area contributed by atoms with Crippen LogP contribution in [0.15, 0.2) is 30.5 Å². The van der Waals surface area contributed by atoms with Gasteiger partial charge in [-0.05, 0) is 18.6 Å². The molecule has 1 aromatic rings. The molecular weight excluding hydrogens is 176 g/mol. The molecule has 0 aromatic carbocycles. The Balaban J connectivity index is 2.16. The molecule has 3 heteroatoms. The summed E-state index contributed by atoms with van der Waals surface area (Å²) in [6.45, 7) is 5.80. The second kappa shape index (κ2) is 3.62. The van der Waals surface area contributed by atoms with Gasteiger partial charge in [-0.2, -0.15) is 0 Å². The van der Waals surface area contributed by atoms with Crippen molar-refractivity contribution in [2.75, 3.05) is 18.0 Å². The zero-order valence-corrected chi connectivity index (χ0v) is 7.94. The summed E-state index contributed by atoms with van der Waals surface area (Å²) in [5.74, 6) is 0.925. The third-order valence-electron chi connectivity index (χ3n) is 2.38. The molecule has 0 amide bonds. The number of pyridine rings is 1. The number of aromatic nitrogens is 1. The Bertz CT molecular complexity index is 356. The molecule has 1 fully saturated rings. The van der Waals surface area contributed by atoms with Crippen LogP contribution in [0.1, 0.15) is 16.8 Å². The summed E-state index contributed by atoms with van der Waals surface area (Å²) in [7, 11) is 0. The lowest BCUT2D eigenvalue weighted by atomic mass is 10.3. The molecule has 14 heavy (non-hydrogen) atoms. The Hall–Kier alpha value is -1.64. The normalized spacial score (nSPS) is 16.0. The van der Waals surface area contributed by atoms with Gasteiger partial charge in [0.25, 0.3) is 0 Å². The van der Waals surface area contributed by atoms with Crippen molar-refractivity contribution in [3.05, 3.63) is 36.0 Å². The zero-order chi connectivity index (χ0) is 9.97. The maximum Gasteiger partial charge on any atom is 0.151 e. The van der Waals surface area contributed by atoms with E-state index >= 15 is 0 Å². The van der Waals surface area contributed by atoms with E-state index in [1.54, 1.807) is 12.3 Å². The van der Waals surface area contributed by atoms with Crippen molar-refractivity contribution in [3.8, 4) is 0 Å². The van der Waals surface area contributed by atoms with Crippen LogP contribution in [0.25, 0.3) is 0 Å². The van der Waals surface area contributed by atoms with Gasteiger partial charge in [0, 0.05) is 24.8 Å². The molecule has 0 saturated carbocycles. The summed E-state index contributed by atoms with van der Waals surface area (Å²) in [6, 6.07) is 3.67. The second-order valence-electron chi connectivity index (χ2n) is 3.49. The monoisotopic (exact) mass is 188 g/mol. The van der Waals surface area contributed by atoms with Crippen LogP contribution in [0.3, 0.4) is 0 Å². The molecule has 1 aromatic heterocycles. The van der Waals surface area contributed by atoms with E-state index < -0.39 is 0 Å². The molecule has 0 atom stereocenters. The van der Waals surface area contributed by atoms with Crippen LogP contribution in [0.5, 0.6) is 0 Å². The molecule has 0 radical (unpaired) electrons. The molecule has 0 unspecified atom stereocenters. The smallest absolute Gasteiger partial charge is 0.151 e. The van der Waals surface area contributed by atoms with Crippen LogP contribution in [0, 0.1) is 0 Å². The highest BCUT2D eigenvalue weighted by Gasteiger charge is 2.15. The van der Waals surface area contributed by atoms with Gasteiger partial charge in [0.05, 0.1) is 0 Å². The number of anilines is 1. The fourth-order valence-electron chi connectivity index (χ4n) is 1.57. The topological polar surface area (TPSA) is 33.2 Å². The predicted octanol–water partition coefficient (Wildman–Crippen LogP) is 1.66. The average Bonchev–Trinajstić information content (AvgIpc) is 2.65. The Labute approximate surface area is 83.1 Å². The molecule has 72 valence electrons. The van der Waals surface area contributed by atoms with E-state index in [0.717, 1.165) is 31.6 Å². The number of nitrogens with zero attached hydrogens (tertiary/aromatic N) is 2. The minimum Gasteiger partial charge on any atom is -0.352 e. The number of aldehydes is 1. The SMILES string of the molecule is C=C1CCN(c2ccc(C=O)cn2)C1. The van der Waals surface area contributed by atoms with Gasteiger partial charge in [0.1, 0.15) is 5.82 Å². The van der Waals surface area contributed by atoms with Gasteiger partial charge in [-0.25, -0.2) is 4.98 Å². The van der Waals surface area contributed by atoms with Crippen LogP contribution in [-0.2, 0) is 0 Å². The molecule has 0 bridgehead atoms. The largest absolute Gasteiger partial charge is 0.352 e. The van der Waals surface area contributed by atoms with Crippen molar-refractivity contribution >= 4 is 12.1 Å². The summed E-state index contributed by atoms with van der Waals surface area (Å²) in [5.41, 5.74) is 1.86. The number of carbonyl (C=O) groups excluding carboxylic acids is 1. The number of rotatable bonds is 2. The Morgan fingerprint density at radius 2 is 2.36 bits per heavy atom. The Kier molecular flexibility index (Phi) is 2.31. The van der Waals surface area contributed by atoms with E-state index in [4.69, 9.17) is 0 Å². The second-order valence-corrected chi connectivity index (χ2v) is 3.49. The maximum absolute atomic E-state index is 10.4. The van der Waals surface area contributed by atoms with Gasteiger partial charge in [0.2, 0.25) is 0 Å². The Morgan fingerprint density at radius 3 is 2.86 bits per heavy atom. The molecular formula is C11H12N2O. The quantitative estimate of drug-likeness (QED) is 0.522. The molecule has 0 spiro atoms. The van der Waals surface area contributed by atoms with Gasteiger partial charge in [-0.15, -0.1) is 0 Å². The third kappa shape index (κ3) is 1.66. The minimum absolute atomic E-state index is 0.617. The summed E-state index contributed by atoms with van der Waals surface area (Å²) < 4.78 is 0. The number of carbonyl (C=O) groups is 1. The maximum atomic E-state index is 10.4.